The van der Waals surface area contributed by atoms with E-state index in [9.17, 15) is 0 Å². The second-order valence-electron chi connectivity index (χ2n) is 5.45. The standard InChI is InChI=1S/C17H21N3O2/c1-21-15-7-6-13(11-20-17-12-18-8-9-19-17)10-16(15)22-14-4-2-3-5-14/h6-10,12,14H,2-5,11H2,1H3,(H,19,20). The first kappa shape index (κ1) is 14.6. The van der Waals surface area contributed by atoms with Gasteiger partial charge in [0, 0.05) is 18.9 Å². The van der Waals surface area contributed by atoms with E-state index in [1.165, 1.54) is 12.8 Å². The van der Waals surface area contributed by atoms with Gasteiger partial charge in [0.25, 0.3) is 0 Å². The Labute approximate surface area is 130 Å². The summed E-state index contributed by atoms with van der Waals surface area (Å²) in [6.45, 7) is 0.670. The lowest BCUT2D eigenvalue weighted by Crippen LogP contribution is -2.12. The quantitative estimate of drug-likeness (QED) is 0.885. The summed E-state index contributed by atoms with van der Waals surface area (Å²) in [6.07, 6.45) is 10.1. The van der Waals surface area contributed by atoms with Crippen molar-refractivity contribution in [1.29, 1.82) is 0 Å². The monoisotopic (exact) mass is 299 g/mol. The van der Waals surface area contributed by atoms with Crippen molar-refractivity contribution in [3.05, 3.63) is 42.4 Å². The second kappa shape index (κ2) is 7.11. The summed E-state index contributed by atoms with van der Waals surface area (Å²) in [4.78, 5) is 8.24. The van der Waals surface area contributed by atoms with Crippen LogP contribution in [-0.2, 0) is 6.54 Å². The molecule has 0 spiro atoms. The van der Waals surface area contributed by atoms with E-state index in [1.54, 1.807) is 25.7 Å². The van der Waals surface area contributed by atoms with E-state index in [0.29, 0.717) is 12.6 Å². The predicted molar refractivity (Wildman–Crippen MR) is 85.2 cm³/mol. The molecule has 2 aromatic rings. The fourth-order valence-electron chi connectivity index (χ4n) is 2.69. The molecule has 0 amide bonds. The lowest BCUT2D eigenvalue weighted by atomic mass is 10.2. The molecule has 1 aromatic heterocycles. The van der Waals surface area contributed by atoms with Crippen molar-refractivity contribution in [3.8, 4) is 11.5 Å². The first-order valence-corrected chi connectivity index (χ1v) is 7.68. The number of ether oxygens (including phenoxy) is 2. The third-order valence-electron chi connectivity index (χ3n) is 3.86. The van der Waals surface area contributed by atoms with Crippen molar-refractivity contribution in [1.82, 2.24) is 9.97 Å². The number of methoxy groups -OCH3 is 1. The Bertz CT molecular complexity index is 598. The zero-order valence-electron chi connectivity index (χ0n) is 12.8. The minimum Gasteiger partial charge on any atom is -0.493 e. The van der Waals surface area contributed by atoms with Crippen LogP contribution in [0.1, 0.15) is 31.2 Å². The number of rotatable bonds is 6. The molecule has 22 heavy (non-hydrogen) atoms. The van der Waals surface area contributed by atoms with Crippen LogP contribution in [0.25, 0.3) is 0 Å². The van der Waals surface area contributed by atoms with Gasteiger partial charge < -0.3 is 14.8 Å². The van der Waals surface area contributed by atoms with E-state index >= 15 is 0 Å². The van der Waals surface area contributed by atoms with Gasteiger partial charge >= 0.3 is 0 Å². The zero-order valence-corrected chi connectivity index (χ0v) is 12.8. The first-order chi connectivity index (χ1) is 10.8. The van der Waals surface area contributed by atoms with Crippen LogP contribution in [-0.4, -0.2) is 23.2 Å². The molecular formula is C17H21N3O2. The summed E-state index contributed by atoms with van der Waals surface area (Å²) in [7, 11) is 1.67. The fourth-order valence-corrected chi connectivity index (χ4v) is 2.69. The largest absolute Gasteiger partial charge is 0.493 e. The van der Waals surface area contributed by atoms with Gasteiger partial charge in [0.05, 0.1) is 19.4 Å². The minimum atomic E-state index is 0.317. The van der Waals surface area contributed by atoms with Gasteiger partial charge in [-0.2, -0.15) is 0 Å². The van der Waals surface area contributed by atoms with Gasteiger partial charge in [0.1, 0.15) is 5.82 Å². The summed E-state index contributed by atoms with van der Waals surface area (Å²) in [5, 5.41) is 3.25. The highest BCUT2D eigenvalue weighted by Gasteiger charge is 2.18. The molecule has 1 fully saturated rings. The summed E-state index contributed by atoms with van der Waals surface area (Å²) in [5.41, 5.74) is 1.12. The number of hydrogen-bond donors (Lipinski definition) is 1. The van der Waals surface area contributed by atoms with Crippen LogP contribution in [0.3, 0.4) is 0 Å². The minimum absolute atomic E-state index is 0.317. The molecule has 1 N–H and O–H groups in total. The molecule has 0 atom stereocenters. The first-order valence-electron chi connectivity index (χ1n) is 7.68. The maximum absolute atomic E-state index is 6.11. The Kier molecular flexibility index (Phi) is 4.73. The number of anilines is 1. The van der Waals surface area contributed by atoms with Gasteiger partial charge in [-0.15, -0.1) is 0 Å². The highest BCUT2D eigenvalue weighted by atomic mass is 16.5. The number of hydrogen-bond acceptors (Lipinski definition) is 5. The fraction of sp³-hybridized carbons (Fsp3) is 0.412. The summed E-state index contributed by atoms with van der Waals surface area (Å²) >= 11 is 0. The van der Waals surface area contributed by atoms with Gasteiger partial charge in [-0.3, -0.25) is 4.98 Å². The lowest BCUT2D eigenvalue weighted by molar-refractivity contribution is 0.200. The maximum Gasteiger partial charge on any atom is 0.161 e. The van der Waals surface area contributed by atoms with Crippen LogP contribution >= 0.6 is 0 Å². The van der Waals surface area contributed by atoms with E-state index in [1.807, 2.05) is 18.2 Å². The Morgan fingerprint density at radius 1 is 1.18 bits per heavy atom. The molecule has 3 rings (SSSR count). The lowest BCUT2D eigenvalue weighted by Gasteiger charge is -2.17. The average Bonchev–Trinajstić information content (AvgIpc) is 3.07. The van der Waals surface area contributed by atoms with Crippen LogP contribution in [0.5, 0.6) is 11.5 Å². The number of nitrogens with one attached hydrogen (secondary N) is 1. The molecule has 1 saturated carbocycles. The molecule has 0 radical (unpaired) electrons. The van der Waals surface area contributed by atoms with Crippen molar-refractivity contribution in [2.75, 3.05) is 12.4 Å². The molecule has 116 valence electrons. The van der Waals surface area contributed by atoms with E-state index in [0.717, 1.165) is 35.7 Å². The Morgan fingerprint density at radius 3 is 2.77 bits per heavy atom. The molecule has 1 aliphatic carbocycles. The Hall–Kier alpha value is -2.30. The normalized spacial score (nSPS) is 14.8. The second-order valence-corrected chi connectivity index (χ2v) is 5.45. The van der Waals surface area contributed by atoms with Crippen LogP contribution in [0.15, 0.2) is 36.8 Å². The summed E-state index contributed by atoms with van der Waals surface area (Å²) < 4.78 is 11.5. The van der Waals surface area contributed by atoms with Crippen molar-refractivity contribution in [2.45, 2.75) is 38.3 Å². The van der Waals surface area contributed by atoms with Crippen LogP contribution in [0.4, 0.5) is 5.82 Å². The van der Waals surface area contributed by atoms with E-state index in [-0.39, 0.29) is 0 Å². The van der Waals surface area contributed by atoms with Crippen molar-refractivity contribution >= 4 is 5.82 Å². The highest BCUT2D eigenvalue weighted by molar-refractivity contribution is 5.44. The summed E-state index contributed by atoms with van der Waals surface area (Å²) in [6, 6.07) is 6.03. The zero-order chi connectivity index (χ0) is 15.2. The molecule has 0 bridgehead atoms. The molecule has 0 saturated heterocycles. The Morgan fingerprint density at radius 2 is 2.05 bits per heavy atom. The molecule has 5 heteroatoms. The molecule has 0 aliphatic heterocycles. The van der Waals surface area contributed by atoms with Crippen molar-refractivity contribution in [3.63, 3.8) is 0 Å². The molecule has 1 aliphatic rings. The van der Waals surface area contributed by atoms with Crippen LogP contribution < -0.4 is 14.8 Å². The maximum atomic E-state index is 6.11. The molecular weight excluding hydrogens is 278 g/mol. The van der Waals surface area contributed by atoms with Crippen LogP contribution in [0.2, 0.25) is 0 Å². The Balaban J connectivity index is 1.69. The molecule has 1 aromatic carbocycles. The average molecular weight is 299 g/mol. The van der Waals surface area contributed by atoms with Crippen molar-refractivity contribution in [2.24, 2.45) is 0 Å². The third-order valence-corrected chi connectivity index (χ3v) is 3.86. The number of nitrogens with zero attached hydrogens (tertiary/aromatic N) is 2. The SMILES string of the molecule is COc1ccc(CNc2cnccn2)cc1OC1CCCC1. The van der Waals surface area contributed by atoms with Crippen LogP contribution in [0, 0.1) is 0 Å². The summed E-state index contributed by atoms with van der Waals surface area (Å²) in [5.74, 6) is 2.37. The van der Waals surface area contributed by atoms with Gasteiger partial charge in [0.2, 0.25) is 0 Å². The van der Waals surface area contributed by atoms with Gasteiger partial charge in [-0.1, -0.05) is 6.07 Å². The molecule has 1 heterocycles. The highest BCUT2D eigenvalue weighted by Crippen LogP contribution is 2.32. The van der Waals surface area contributed by atoms with Gasteiger partial charge in [-0.05, 0) is 43.4 Å². The van der Waals surface area contributed by atoms with Gasteiger partial charge in [-0.25, -0.2) is 4.98 Å². The van der Waals surface area contributed by atoms with Gasteiger partial charge in [0.15, 0.2) is 11.5 Å². The number of benzene rings is 1. The third kappa shape index (κ3) is 3.67. The van der Waals surface area contributed by atoms with E-state index in [2.05, 4.69) is 15.3 Å². The topological polar surface area (TPSA) is 56.3 Å². The van der Waals surface area contributed by atoms with Crippen molar-refractivity contribution < 1.29 is 9.47 Å². The molecule has 5 nitrogen and oxygen atoms in total. The predicted octanol–water partition coefficient (Wildman–Crippen LogP) is 3.42. The molecule has 0 unspecified atom stereocenters. The van der Waals surface area contributed by atoms with E-state index in [4.69, 9.17) is 9.47 Å². The smallest absolute Gasteiger partial charge is 0.161 e. The van der Waals surface area contributed by atoms with E-state index < -0.39 is 0 Å². The number of aromatic nitrogens is 2.